The zero-order valence-corrected chi connectivity index (χ0v) is 26.4. The largest absolute Gasteiger partial charge is 0.497 e. The number of anilines is 2. The van der Waals surface area contributed by atoms with Gasteiger partial charge in [-0.3, -0.25) is 0 Å². The summed E-state index contributed by atoms with van der Waals surface area (Å²) in [7, 11) is 3.82. The van der Waals surface area contributed by atoms with Crippen LogP contribution in [0.5, 0.6) is 5.75 Å². The van der Waals surface area contributed by atoms with Crippen LogP contribution in [0.25, 0.3) is 22.5 Å². The van der Waals surface area contributed by atoms with Crippen molar-refractivity contribution in [3.63, 3.8) is 0 Å². The summed E-state index contributed by atoms with van der Waals surface area (Å²) in [4.78, 5) is 23.9. The topological polar surface area (TPSA) is 96.2 Å². The third-order valence-electron chi connectivity index (χ3n) is 7.46. The number of carbonyl (C=O) groups is 1. The number of carbonyl (C=O) groups excluding carboxylic acids is 1. The second-order valence-corrected chi connectivity index (χ2v) is 12.1. The van der Waals surface area contributed by atoms with Gasteiger partial charge in [0, 0.05) is 55.2 Å². The number of methoxy groups -OCH3 is 1. The molecule has 0 radical (unpaired) electrons. The smallest absolute Gasteiger partial charge is 0.410 e. The van der Waals surface area contributed by atoms with Gasteiger partial charge in [-0.25, -0.2) is 9.78 Å². The third-order valence-corrected chi connectivity index (χ3v) is 7.46. The lowest BCUT2D eigenvalue weighted by Crippen LogP contribution is -2.50. The summed E-state index contributed by atoms with van der Waals surface area (Å²) in [5, 5.41) is 3.62. The molecule has 232 valence electrons. The van der Waals surface area contributed by atoms with Crippen LogP contribution in [0.3, 0.4) is 0 Å². The molecule has 1 aliphatic rings. The Morgan fingerprint density at radius 3 is 2.07 bits per heavy atom. The first-order valence-corrected chi connectivity index (χ1v) is 15.3. The summed E-state index contributed by atoms with van der Waals surface area (Å²) < 4.78 is 10.9. The molecule has 3 N–H and O–H groups in total. The molecule has 1 amide bonds. The Balaban J connectivity index is 1.46. The highest BCUT2D eigenvalue weighted by Crippen LogP contribution is 2.30. The van der Waals surface area contributed by atoms with Gasteiger partial charge in [0.2, 0.25) is 0 Å². The van der Waals surface area contributed by atoms with Gasteiger partial charge >= 0.3 is 6.09 Å². The summed E-state index contributed by atoms with van der Waals surface area (Å²) in [5.41, 5.74) is 11.3. The highest BCUT2D eigenvalue weighted by atomic mass is 16.6. The van der Waals surface area contributed by atoms with Crippen LogP contribution in [-0.2, 0) is 4.74 Å². The molecule has 0 unspecified atom stereocenters. The first kappa shape index (κ1) is 32.1. The molecular formula is C34H48N6O3. The van der Waals surface area contributed by atoms with Gasteiger partial charge in [0.05, 0.1) is 18.5 Å². The van der Waals surface area contributed by atoms with Crippen LogP contribution in [0.15, 0.2) is 60.7 Å². The standard InChI is InChI=1S/C34H48N6O3/c1-34(2,3)43-33(41)40-22-20-39(21-23-40)29-12-8-26(9-13-29)31-24-28(36-17-7-19-38(4)18-6-16-35)25-32(37-31)27-10-14-30(42-5)15-11-27/h8-15,24-25H,6-7,16-23,35H2,1-5H3,(H,36,37). The van der Waals surface area contributed by atoms with Crippen LogP contribution in [0.2, 0.25) is 0 Å². The minimum Gasteiger partial charge on any atom is -0.497 e. The van der Waals surface area contributed by atoms with E-state index in [0.717, 1.165) is 91.7 Å². The number of aromatic nitrogens is 1. The quantitative estimate of drug-likeness (QED) is 0.266. The summed E-state index contributed by atoms with van der Waals surface area (Å²) in [6, 6.07) is 20.8. The van der Waals surface area contributed by atoms with E-state index in [4.69, 9.17) is 20.2 Å². The molecule has 9 heteroatoms. The van der Waals surface area contributed by atoms with Crippen LogP contribution in [0.1, 0.15) is 33.6 Å². The van der Waals surface area contributed by atoms with E-state index in [2.05, 4.69) is 58.6 Å². The van der Waals surface area contributed by atoms with Crippen molar-refractivity contribution in [2.45, 2.75) is 39.2 Å². The zero-order valence-electron chi connectivity index (χ0n) is 26.4. The number of benzene rings is 2. The minimum atomic E-state index is -0.487. The van der Waals surface area contributed by atoms with Crippen LogP contribution in [-0.4, -0.2) is 93.0 Å². The fourth-order valence-corrected chi connectivity index (χ4v) is 5.06. The van der Waals surface area contributed by atoms with Crippen LogP contribution >= 0.6 is 0 Å². The van der Waals surface area contributed by atoms with Crippen molar-refractivity contribution in [1.82, 2.24) is 14.8 Å². The molecule has 2 aromatic carbocycles. The number of pyridine rings is 1. The lowest BCUT2D eigenvalue weighted by atomic mass is 10.1. The molecule has 9 nitrogen and oxygen atoms in total. The van der Waals surface area contributed by atoms with Gasteiger partial charge < -0.3 is 35.2 Å². The lowest BCUT2D eigenvalue weighted by Gasteiger charge is -2.36. The van der Waals surface area contributed by atoms with E-state index in [1.807, 2.05) is 45.0 Å². The molecule has 0 spiro atoms. The number of hydrogen-bond acceptors (Lipinski definition) is 8. The number of amides is 1. The van der Waals surface area contributed by atoms with E-state index in [1.54, 1.807) is 12.0 Å². The molecule has 1 fully saturated rings. The Morgan fingerprint density at radius 1 is 0.930 bits per heavy atom. The van der Waals surface area contributed by atoms with Crippen LogP contribution in [0.4, 0.5) is 16.2 Å². The fraction of sp³-hybridized carbons (Fsp3) is 0.471. The molecule has 1 saturated heterocycles. The molecule has 2 heterocycles. The SMILES string of the molecule is COc1ccc(-c2cc(NCCCN(C)CCCN)cc(-c3ccc(N4CCN(C(=O)OC(C)(C)C)CC4)cc3)n2)cc1. The van der Waals surface area contributed by atoms with Crippen molar-refractivity contribution >= 4 is 17.5 Å². The van der Waals surface area contributed by atoms with Crippen molar-refractivity contribution < 1.29 is 14.3 Å². The first-order valence-electron chi connectivity index (χ1n) is 15.3. The summed E-state index contributed by atoms with van der Waals surface area (Å²) in [6.07, 6.45) is 1.81. The number of piperazine rings is 1. The highest BCUT2D eigenvalue weighted by molar-refractivity contribution is 5.73. The number of nitrogens with zero attached hydrogens (tertiary/aromatic N) is 4. The number of hydrogen-bond donors (Lipinski definition) is 2. The molecular weight excluding hydrogens is 540 g/mol. The average molecular weight is 589 g/mol. The van der Waals surface area contributed by atoms with E-state index in [0.29, 0.717) is 13.1 Å². The Labute approximate surface area is 257 Å². The van der Waals surface area contributed by atoms with Crippen molar-refractivity contribution in [2.24, 2.45) is 5.73 Å². The lowest BCUT2D eigenvalue weighted by molar-refractivity contribution is 0.0240. The summed E-state index contributed by atoms with van der Waals surface area (Å²) in [6.45, 7) is 12.1. The predicted octanol–water partition coefficient (Wildman–Crippen LogP) is 5.56. The second kappa shape index (κ2) is 15.1. The summed E-state index contributed by atoms with van der Waals surface area (Å²) >= 11 is 0. The van der Waals surface area contributed by atoms with Gasteiger partial charge in [-0.1, -0.05) is 12.1 Å². The molecule has 0 atom stereocenters. The molecule has 4 rings (SSSR count). The number of nitrogens with two attached hydrogens (primary N) is 1. The zero-order chi connectivity index (χ0) is 30.8. The van der Waals surface area contributed by atoms with Crippen molar-refractivity contribution in [3.8, 4) is 28.3 Å². The van der Waals surface area contributed by atoms with E-state index in [-0.39, 0.29) is 6.09 Å². The number of rotatable bonds is 12. The van der Waals surface area contributed by atoms with Crippen LogP contribution < -0.4 is 20.7 Å². The molecule has 0 saturated carbocycles. The van der Waals surface area contributed by atoms with Crippen molar-refractivity contribution in [3.05, 3.63) is 60.7 Å². The monoisotopic (exact) mass is 588 g/mol. The molecule has 0 aliphatic carbocycles. The summed E-state index contributed by atoms with van der Waals surface area (Å²) in [5.74, 6) is 0.819. The molecule has 0 bridgehead atoms. The maximum absolute atomic E-state index is 12.5. The molecule has 1 aliphatic heterocycles. The predicted molar refractivity (Wildman–Crippen MR) is 176 cm³/mol. The van der Waals surface area contributed by atoms with E-state index >= 15 is 0 Å². The Kier molecular flexibility index (Phi) is 11.3. The van der Waals surface area contributed by atoms with E-state index in [1.165, 1.54) is 0 Å². The average Bonchev–Trinajstić information content (AvgIpc) is 3.01. The highest BCUT2D eigenvalue weighted by Gasteiger charge is 2.26. The van der Waals surface area contributed by atoms with Gasteiger partial charge in [-0.15, -0.1) is 0 Å². The van der Waals surface area contributed by atoms with E-state index in [9.17, 15) is 4.79 Å². The van der Waals surface area contributed by atoms with Gasteiger partial charge in [0.1, 0.15) is 11.4 Å². The normalized spacial score (nSPS) is 13.7. The van der Waals surface area contributed by atoms with E-state index < -0.39 is 5.60 Å². The molecule has 43 heavy (non-hydrogen) atoms. The number of ether oxygens (including phenoxy) is 2. The Bertz CT molecular complexity index is 1300. The molecule has 1 aromatic heterocycles. The fourth-order valence-electron chi connectivity index (χ4n) is 5.06. The molecule has 3 aromatic rings. The number of nitrogens with one attached hydrogen (secondary N) is 1. The van der Waals surface area contributed by atoms with Gasteiger partial charge in [0.25, 0.3) is 0 Å². The van der Waals surface area contributed by atoms with Gasteiger partial charge in [-0.2, -0.15) is 0 Å². The van der Waals surface area contributed by atoms with Crippen LogP contribution in [0, 0.1) is 0 Å². The van der Waals surface area contributed by atoms with Crippen molar-refractivity contribution in [2.75, 3.05) is 76.7 Å². The third kappa shape index (κ3) is 9.59. The van der Waals surface area contributed by atoms with Gasteiger partial charge in [-0.05, 0) is 109 Å². The van der Waals surface area contributed by atoms with Gasteiger partial charge in [0.15, 0.2) is 0 Å². The Morgan fingerprint density at radius 2 is 1.51 bits per heavy atom. The maximum Gasteiger partial charge on any atom is 0.410 e. The maximum atomic E-state index is 12.5. The first-order chi connectivity index (χ1) is 20.6. The second-order valence-electron chi connectivity index (χ2n) is 12.1. The Hall–Kier alpha value is -3.82. The minimum absolute atomic E-state index is 0.242. The van der Waals surface area contributed by atoms with Crippen molar-refractivity contribution in [1.29, 1.82) is 0 Å².